The predicted octanol–water partition coefficient (Wildman–Crippen LogP) is 6.19. The van der Waals surface area contributed by atoms with Gasteiger partial charge in [0.1, 0.15) is 5.75 Å². The Hall–Kier alpha value is -2.98. The van der Waals surface area contributed by atoms with Crippen molar-refractivity contribution in [2.24, 2.45) is 0 Å². The third kappa shape index (κ3) is 4.38. The first-order chi connectivity index (χ1) is 14.0. The Morgan fingerprint density at radius 2 is 1.72 bits per heavy atom. The summed E-state index contributed by atoms with van der Waals surface area (Å²) in [6.45, 7) is 3.96. The zero-order chi connectivity index (χ0) is 20.4. The minimum Gasteiger partial charge on any atom is -0.508 e. The van der Waals surface area contributed by atoms with E-state index in [1.54, 1.807) is 30.0 Å². The van der Waals surface area contributed by atoms with Crippen LogP contribution < -0.4 is 5.32 Å². The van der Waals surface area contributed by atoms with Gasteiger partial charge < -0.3 is 10.4 Å². The van der Waals surface area contributed by atoms with E-state index in [1.807, 2.05) is 13.0 Å². The number of nitrogens with one attached hydrogen (secondary N) is 1. The normalized spacial score (nSPS) is 13.2. The van der Waals surface area contributed by atoms with Crippen LogP contribution in [0.2, 0.25) is 0 Å². The minimum absolute atomic E-state index is 0.0898. The zero-order valence-corrected chi connectivity index (χ0v) is 17.3. The first-order valence-electron chi connectivity index (χ1n) is 9.65. The summed E-state index contributed by atoms with van der Waals surface area (Å²) in [5.41, 5.74) is 6.97. The average molecular weight is 402 g/mol. The molecular weight excluding hydrogens is 378 g/mol. The van der Waals surface area contributed by atoms with Gasteiger partial charge in [-0.2, -0.15) is 0 Å². The van der Waals surface area contributed by atoms with Gasteiger partial charge in [-0.25, -0.2) is 0 Å². The summed E-state index contributed by atoms with van der Waals surface area (Å²) in [4.78, 5) is 14.1. The first kappa shape index (κ1) is 19.3. The standard InChI is InChI=1S/C25H23NO2S/c1-16-3-5-18(6-4-16)19-7-10-24-21(14-19)15-20(11-12-29-24)25(28)26-23-9-8-22(27)13-17(23)2/h3-10,13-15,27H,11-12H2,1-2H3,(H,26,28). The van der Waals surface area contributed by atoms with E-state index in [9.17, 15) is 9.90 Å². The van der Waals surface area contributed by atoms with E-state index in [0.29, 0.717) is 6.42 Å². The molecule has 4 heteroatoms. The molecule has 0 saturated carbocycles. The number of anilines is 1. The van der Waals surface area contributed by atoms with E-state index < -0.39 is 0 Å². The van der Waals surface area contributed by atoms with Crippen LogP contribution in [0.5, 0.6) is 5.75 Å². The molecule has 1 heterocycles. The van der Waals surface area contributed by atoms with Gasteiger partial charge in [0.05, 0.1) is 0 Å². The highest BCUT2D eigenvalue weighted by atomic mass is 32.2. The average Bonchev–Trinajstić information content (AvgIpc) is 2.92. The summed E-state index contributed by atoms with van der Waals surface area (Å²) in [6.07, 6.45) is 2.72. The Bertz CT molecular complexity index is 1100. The van der Waals surface area contributed by atoms with Crippen molar-refractivity contribution in [1.82, 2.24) is 0 Å². The second kappa shape index (κ2) is 8.18. The molecule has 29 heavy (non-hydrogen) atoms. The summed E-state index contributed by atoms with van der Waals surface area (Å²) in [5, 5.41) is 12.6. The fourth-order valence-corrected chi connectivity index (χ4v) is 4.41. The van der Waals surface area contributed by atoms with Crippen LogP contribution in [0, 0.1) is 13.8 Å². The van der Waals surface area contributed by atoms with Crippen molar-refractivity contribution in [1.29, 1.82) is 0 Å². The number of carbonyl (C=O) groups is 1. The lowest BCUT2D eigenvalue weighted by Gasteiger charge is -2.10. The van der Waals surface area contributed by atoms with Gasteiger partial charge in [0.15, 0.2) is 0 Å². The van der Waals surface area contributed by atoms with E-state index in [-0.39, 0.29) is 11.7 Å². The second-order valence-corrected chi connectivity index (χ2v) is 8.48. The van der Waals surface area contributed by atoms with Crippen molar-refractivity contribution in [3.05, 3.63) is 82.9 Å². The summed E-state index contributed by atoms with van der Waals surface area (Å²) < 4.78 is 0. The van der Waals surface area contributed by atoms with Gasteiger partial charge in [-0.1, -0.05) is 35.9 Å². The maximum absolute atomic E-state index is 12.9. The molecule has 1 aliphatic rings. The summed E-state index contributed by atoms with van der Waals surface area (Å²) in [5.74, 6) is 0.973. The SMILES string of the molecule is Cc1ccc(-c2ccc3c(c2)C=C(C(=O)Nc2ccc(O)cc2C)CCS3)cc1. The number of aryl methyl sites for hydroxylation is 2. The Balaban J connectivity index is 1.63. The van der Waals surface area contributed by atoms with Gasteiger partial charge in [0.2, 0.25) is 0 Å². The predicted molar refractivity (Wildman–Crippen MR) is 121 cm³/mol. The number of phenolic OH excluding ortho intramolecular Hbond substituents is 1. The van der Waals surface area contributed by atoms with E-state index in [4.69, 9.17) is 0 Å². The van der Waals surface area contributed by atoms with Gasteiger partial charge in [-0.15, -0.1) is 11.8 Å². The van der Waals surface area contributed by atoms with Crippen molar-refractivity contribution in [2.45, 2.75) is 25.2 Å². The number of amides is 1. The maximum Gasteiger partial charge on any atom is 0.251 e. The Morgan fingerprint density at radius 3 is 2.48 bits per heavy atom. The quantitative estimate of drug-likeness (QED) is 0.514. The lowest BCUT2D eigenvalue weighted by Crippen LogP contribution is -2.15. The molecule has 2 N–H and O–H groups in total. The zero-order valence-electron chi connectivity index (χ0n) is 16.5. The molecule has 4 rings (SSSR count). The molecule has 0 saturated heterocycles. The maximum atomic E-state index is 12.9. The number of phenols is 1. The van der Waals surface area contributed by atoms with Crippen LogP contribution >= 0.6 is 11.8 Å². The molecule has 146 valence electrons. The number of benzene rings is 3. The van der Waals surface area contributed by atoms with Crippen LogP contribution in [0.15, 0.2) is 71.1 Å². The molecule has 0 aliphatic carbocycles. The van der Waals surface area contributed by atoms with Gasteiger partial charge >= 0.3 is 0 Å². The van der Waals surface area contributed by atoms with Crippen molar-refractivity contribution in [2.75, 3.05) is 11.1 Å². The molecule has 0 atom stereocenters. The third-order valence-corrected chi connectivity index (χ3v) is 6.19. The summed E-state index contributed by atoms with van der Waals surface area (Å²) in [7, 11) is 0. The van der Waals surface area contributed by atoms with Crippen molar-refractivity contribution < 1.29 is 9.90 Å². The Kier molecular flexibility index (Phi) is 5.45. The van der Waals surface area contributed by atoms with Gasteiger partial charge in [0, 0.05) is 21.9 Å². The number of aromatic hydroxyl groups is 1. The number of hydrogen-bond donors (Lipinski definition) is 2. The van der Waals surface area contributed by atoms with Crippen molar-refractivity contribution >= 4 is 29.4 Å². The van der Waals surface area contributed by atoms with Crippen molar-refractivity contribution in [3.8, 4) is 16.9 Å². The van der Waals surface area contributed by atoms with E-state index >= 15 is 0 Å². The molecular formula is C25H23NO2S. The topological polar surface area (TPSA) is 49.3 Å². The Labute approximate surface area is 175 Å². The Morgan fingerprint density at radius 1 is 0.966 bits per heavy atom. The summed E-state index contributed by atoms with van der Waals surface area (Å²) in [6, 6.07) is 19.9. The fraction of sp³-hybridized carbons (Fsp3) is 0.160. The highest BCUT2D eigenvalue weighted by molar-refractivity contribution is 7.99. The minimum atomic E-state index is -0.0898. The van der Waals surface area contributed by atoms with Gasteiger partial charge in [0.25, 0.3) is 5.91 Å². The largest absolute Gasteiger partial charge is 0.508 e. The van der Waals surface area contributed by atoms with Crippen LogP contribution in [-0.2, 0) is 4.79 Å². The molecule has 0 unspecified atom stereocenters. The molecule has 0 fully saturated rings. The number of carbonyl (C=O) groups excluding carboxylic acids is 1. The highest BCUT2D eigenvalue weighted by Gasteiger charge is 2.16. The number of thioether (sulfide) groups is 1. The molecule has 3 aromatic carbocycles. The van der Waals surface area contributed by atoms with Crippen molar-refractivity contribution in [3.63, 3.8) is 0 Å². The number of hydrogen-bond acceptors (Lipinski definition) is 3. The molecule has 1 amide bonds. The van der Waals surface area contributed by atoms with Crippen LogP contribution in [0.25, 0.3) is 17.2 Å². The number of rotatable bonds is 3. The highest BCUT2D eigenvalue weighted by Crippen LogP contribution is 2.34. The molecule has 1 aliphatic heterocycles. The molecule has 0 spiro atoms. The summed E-state index contributed by atoms with van der Waals surface area (Å²) >= 11 is 1.78. The van der Waals surface area contributed by atoms with E-state index in [2.05, 4.69) is 54.7 Å². The smallest absolute Gasteiger partial charge is 0.251 e. The van der Waals surface area contributed by atoms with E-state index in [1.165, 1.54) is 16.0 Å². The van der Waals surface area contributed by atoms with Crippen LogP contribution in [0.1, 0.15) is 23.1 Å². The van der Waals surface area contributed by atoms with E-state index in [0.717, 1.165) is 33.7 Å². The van der Waals surface area contributed by atoms with Gasteiger partial charge in [-0.3, -0.25) is 4.79 Å². The second-order valence-electron chi connectivity index (χ2n) is 7.34. The van der Waals surface area contributed by atoms with Crippen LogP contribution in [-0.4, -0.2) is 16.8 Å². The molecule has 3 nitrogen and oxygen atoms in total. The number of fused-ring (bicyclic) bond motifs is 1. The molecule has 0 bridgehead atoms. The van der Waals surface area contributed by atoms with Crippen LogP contribution in [0.3, 0.4) is 0 Å². The van der Waals surface area contributed by atoms with Crippen LogP contribution in [0.4, 0.5) is 5.69 Å². The molecule has 0 aromatic heterocycles. The third-order valence-electron chi connectivity index (χ3n) is 5.10. The monoisotopic (exact) mass is 401 g/mol. The molecule has 3 aromatic rings. The molecule has 0 radical (unpaired) electrons. The lowest BCUT2D eigenvalue weighted by molar-refractivity contribution is -0.112. The first-order valence-corrected chi connectivity index (χ1v) is 10.6. The fourth-order valence-electron chi connectivity index (χ4n) is 3.42. The lowest BCUT2D eigenvalue weighted by atomic mass is 10.0. The van der Waals surface area contributed by atoms with Gasteiger partial charge in [-0.05, 0) is 78.9 Å².